The summed E-state index contributed by atoms with van der Waals surface area (Å²) in [5, 5.41) is 9.27. The summed E-state index contributed by atoms with van der Waals surface area (Å²) in [4.78, 5) is 23.4. The SMILES string of the molecule is CCOc1ccc(NC(=O)[C@@H](CC)Sc2nc(-c3ccccc3)nc3c2c(CC)nn3-c2ccccc2)cc1. The van der Waals surface area contributed by atoms with Crippen LogP contribution in [0.25, 0.3) is 28.1 Å². The topological polar surface area (TPSA) is 81.9 Å². The number of amides is 1. The second kappa shape index (κ2) is 12.1. The number of nitrogens with one attached hydrogen (secondary N) is 1. The maximum absolute atomic E-state index is 13.4. The van der Waals surface area contributed by atoms with Crippen LogP contribution in [0.15, 0.2) is 90.0 Å². The third-order valence-corrected chi connectivity index (χ3v) is 7.63. The molecule has 0 aliphatic carbocycles. The van der Waals surface area contributed by atoms with Crippen LogP contribution in [0, 0.1) is 0 Å². The lowest BCUT2D eigenvalue weighted by Crippen LogP contribution is -2.24. The Kier molecular flexibility index (Phi) is 8.22. The number of thioether (sulfide) groups is 1. The highest BCUT2D eigenvalue weighted by Gasteiger charge is 2.25. The summed E-state index contributed by atoms with van der Waals surface area (Å²) in [7, 11) is 0. The highest BCUT2D eigenvalue weighted by atomic mass is 32.2. The predicted molar refractivity (Wildman–Crippen MR) is 158 cm³/mol. The normalized spacial score (nSPS) is 11.9. The molecule has 0 aliphatic heterocycles. The maximum atomic E-state index is 13.4. The summed E-state index contributed by atoms with van der Waals surface area (Å²) < 4.78 is 7.40. The van der Waals surface area contributed by atoms with E-state index in [0.717, 1.165) is 44.4 Å². The first-order chi connectivity index (χ1) is 19.1. The first-order valence-corrected chi connectivity index (χ1v) is 14.1. The van der Waals surface area contributed by atoms with E-state index in [-0.39, 0.29) is 11.2 Å². The number of aromatic nitrogens is 4. The van der Waals surface area contributed by atoms with Crippen molar-refractivity contribution in [3.63, 3.8) is 0 Å². The van der Waals surface area contributed by atoms with Crippen molar-refractivity contribution in [3.05, 3.63) is 90.6 Å². The van der Waals surface area contributed by atoms with E-state index < -0.39 is 0 Å². The molecular formula is C31H31N5O2S. The molecule has 8 heteroatoms. The van der Waals surface area contributed by atoms with Crippen LogP contribution in [0.2, 0.25) is 0 Å². The number of aryl methyl sites for hydroxylation is 1. The molecule has 5 rings (SSSR count). The molecule has 0 fully saturated rings. The van der Waals surface area contributed by atoms with Crippen LogP contribution in [0.3, 0.4) is 0 Å². The van der Waals surface area contributed by atoms with Gasteiger partial charge < -0.3 is 10.1 Å². The summed E-state index contributed by atoms with van der Waals surface area (Å²) in [5.41, 5.74) is 4.20. The lowest BCUT2D eigenvalue weighted by Gasteiger charge is -2.16. The molecule has 2 heterocycles. The fraction of sp³-hybridized carbons (Fsp3) is 0.226. The van der Waals surface area contributed by atoms with Gasteiger partial charge in [-0.1, -0.05) is 74.1 Å². The summed E-state index contributed by atoms with van der Waals surface area (Å²) in [6.45, 7) is 6.63. The molecular weight excluding hydrogens is 506 g/mol. The number of rotatable bonds is 10. The Labute approximate surface area is 232 Å². The van der Waals surface area contributed by atoms with E-state index in [1.54, 1.807) is 0 Å². The number of carbonyl (C=O) groups excluding carboxylic acids is 1. The quantitative estimate of drug-likeness (QED) is 0.153. The minimum absolute atomic E-state index is 0.0758. The van der Waals surface area contributed by atoms with E-state index in [0.29, 0.717) is 25.3 Å². The second-order valence-corrected chi connectivity index (χ2v) is 10.1. The minimum atomic E-state index is -0.358. The molecule has 0 aliphatic rings. The Balaban J connectivity index is 1.55. The Hall–Kier alpha value is -4.17. The summed E-state index contributed by atoms with van der Waals surface area (Å²) >= 11 is 1.46. The average Bonchev–Trinajstić information content (AvgIpc) is 3.37. The van der Waals surface area contributed by atoms with Crippen molar-refractivity contribution in [2.75, 3.05) is 11.9 Å². The van der Waals surface area contributed by atoms with Crippen LogP contribution in [0.5, 0.6) is 5.75 Å². The molecule has 2 aromatic heterocycles. The number of benzene rings is 3. The molecule has 0 radical (unpaired) electrons. The minimum Gasteiger partial charge on any atom is -0.494 e. The van der Waals surface area contributed by atoms with Gasteiger partial charge in [-0.2, -0.15) is 5.10 Å². The maximum Gasteiger partial charge on any atom is 0.237 e. The van der Waals surface area contributed by atoms with Crippen LogP contribution in [-0.2, 0) is 11.2 Å². The van der Waals surface area contributed by atoms with Crippen LogP contribution >= 0.6 is 11.8 Å². The van der Waals surface area contributed by atoms with Crippen molar-refractivity contribution in [2.24, 2.45) is 0 Å². The number of fused-ring (bicyclic) bond motifs is 1. The van der Waals surface area contributed by atoms with Gasteiger partial charge in [0.05, 0.1) is 28.6 Å². The monoisotopic (exact) mass is 537 g/mol. The van der Waals surface area contributed by atoms with Gasteiger partial charge >= 0.3 is 0 Å². The Morgan fingerprint density at radius 1 is 0.923 bits per heavy atom. The van der Waals surface area contributed by atoms with Gasteiger partial charge in [0.2, 0.25) is 5.91 Å². The molecule has 39 heavy (non-hydrogen) atoms. The largest absolute Gasteiger partial charge is 0.494 e. The number of carbonyl (C=O) groups is 1. The number of ether oxygens (including phenoxy) is 1. The number of nitrogens with zero attached hydrogens (tertiary/aromatic N) is 4. The molecule has 0 unspecified atom stereocenters. The van der Waals surface area contributed by atoms with Gasteiger partial charge in [-0.15, -0.1) is 0 Å². The molecule has 0 bridgehead atoms. The molecule has 0 saturated carbocycles. The molecule has 198 valence electrons. The Morgan fingerprint density at radius 3 is 2.26 bits per heavy atom. The van der Waals surface area contributed by atoms with Crippen LogP contribution in [0.4, 0.5) is 5.69 Å². The zero-order chi connectivity index (χ0) is 27.2. The van der Waals surface area contributed by atoms with E-state index in [1.165, 1.54) is 11.8 Å². The first-order valence-electron chi connectivity index (χ1n) is 13.2. The fourth-order valence-electron chi connectivity index (χ4n) is 4.33. The molecule has 0 saturated heterocycles. The molecule has 0 spiro atoms. The molecule has 5 aromatic rings. The molecule has 7 nitrogen and oxygen atoms in total. The van der Waals surface area contributed by atoms with E-state index in [1.807, 2.05) is 103 Å². The van der Waals surface area contributed by atoms with Crippen LogP contribution < -0.4 is 10.1 Å². The first kappa shape index (κ1) is 26.4. The van der Waals surface area contributed by atoms with Gasteiger partial charge in [-0.25, -0.2) is 14.6 Å². The Morgan fingerprint density at radius 2 is 1.62 bits per heavy atom. The van der Waals surface area contributed by atoms with Gasteiger partial charge in [0, 0.05) is 11.3 Å². The van der Waals surface area contributed by atoms with Gasteiger partial charge in [0.15, 0.2) is 11.5 Å². The summed E-state index contributed by atoms with van der Waals surface area (Å²) in [5.74, 6) is 1.30. The van der Waals surface area contributed by atoms with E-state index in [4.69, 9.17) is 19.8 Å². The molecule has 1 amide bonds. The van der Waals surface area contributed by atoms with Crippen molar-refractivity contribution < 1.29 is 9.53 Å². The number of hydrogen-bond donors (Lipinski definition) is 1. The Bertz CT molecular complexity index is 1550. The zero-order valence-electron chi connectivity index (χ0n) is 22.3. The number of anilines is 1. The summed E-state index contributed by atoms with van der Waals surface area (Å²) in [6, 6.07) is 27.3. The van der Waals surface area contributed by atoms with Gasteiger partial charge in [-0.3, -0.25) is 4.79 Å². The second-order valence-electron chi connectivity index (χ2n) is 8.93. The van der Waals surface area contributed by atoms with Crippen molar-refractivity contribution in [3.8, 4) is 22.8 Å². The van der Waals surface area contributed by atoms with E-state index in [9.17, 15) is 4.79 Å². The van der Waals surface area contributed by atoms with Crippen molar-refractivity contribution in [2.45, 2.75) is 43.9 Å². The molecule has 1 atom stereocenters. The molecule has 3 aromatic carbocycles. The standard InChI is InChI=1S/C31H31N5O2S/c1-4-25-27-29(36(35-25)23-15-11-8-12-16-23)33-28(21-13-9-7-10-14-21)34-31(27)39-26(5-2)30(37)32-22-17-19-24(20-18-22)38-6-3/h7-20,26H,4-6H2,1-3H3,(H,32,37)/t26-/m1/s1. The lowest BCUT2D eigenvalue weighted by molar-refractivity contribution is -0.115. The average molecular weight is 538 g/mol. The van der Waals surface area contributed by atoms with Gasteiger partial charge in [-0.05, 0) is 56.2 Å². The summed E-state index contributed by atoms with van der Waals surface area (Å²) in [6.07, 6.45) is 1.35. The number of hydrogen-bond acceptors (Lipinski definition) is 6. The van der Waals surface area contributed by atoms with E-state index >= 15 is 0 Å². The van der Waals surface area contributed by atoms with Crippen molar-refractivity contribution in [1.82, 2.24) is 19.7 Å². The van der Waals surface area contributed by atoms with E-state index in [2.05, 4.69) is 12.2 Å². The smallest absolute Gasteiger partial charge is 0.237 e. The van der Waals surface area contributed by atoms with Gasteiger partial charge in [0.1, 0.15) is 10.8 Å². The third kappa shape index (κ3) is 5.81. The zero-order valence-corrected chi connectivity index (χ0v) is 23.1. The van der Waals surface area contributed by atoms with Crippen molar-refractivity contribution >= 4 is 34.4 Å². The third-order valence-electron chi connectivity index (χ3n) is 6.28. The lowest BCUT2D eigenvalue weighted by atomic mass is 10.2. The molecule has 1 N–H and O–H groups in total. The fourth-order valence-corrected chi connectivity index (χ4v) is 5.40. The van der Waals surface area contributed by atoms with Crippen LogP contribution in [0.1, 0.15) is 32.9 Å². The van der Waals surface area contributed by atoms with Gasteiger partial charge in [0.25, 0.3) is 0 Å². The van der Waals surface area contributed by atoms with Crippen LogP contribution in [-0.4, -0.2) is 37.5 Å². The van der Waals surface area contributed by atoms with Crippen molar-refractivity contribution in [1.29, 1.82) is 0 Å². The predicted octanol–water partition coefficient (Wildman–Crippen LogP) is 6.95. The highest BCUT2D eigenvalue weighted by molar-refractivity contribution is 8.00. The highest BCUT2D eigenvalue weighted by Crippen LogP contribution is 2.35. The number of para-hydroxylation sites is 1.